The maximum Gasteiger partial charge on any atom is 0.0295 e. The summed E-state index contributed by atoms with van der Waals surface area (Å²) in [5, 5.41) is 0. The van der Waals surface area contributed by atoms with E-state index in [9.17, 15) is 0 Å². The largest absolute Gasteiger partial charge is 0.326 e. The second kappa shape index (κ2) is 6.33. The van der Waals surface area contributed by atoms with Crippen LogP contribution in [0.25, 0.3) is 0 Å². The zero-order chi connectivity index (χ0) is 14.9. The summed E-state index contributed by atoms with van der Waals surface area (Å²) in [7, 11) is 2.31. The topological polar surface area (TPSA) is 32.5 Å². The molecule has 2 N–H and O–H groups in total. The molecule has 0 aromatic carbocycles. The van der Waals surface area contributed by atoms with E-state index >= 15 is 0 Å². The van der Waals surface area contributed by atoms with Crippen molar-refractivity contribution in [2.24, 2.45) is 17.1 Å². The fourth-order valence-corrected chi connectivity index (χ4v) is 4.62. The van der Waals surface area contributed by atoms with Crippen LogP contribution in [0.15, 0.2) is 0 Å². The van der Waals surface area contributed by atoms with Crippen molar-refractivity contribution < 1.29 is 0 Å². The van der Waals surface area contributed by atoms with Crippen LogP contribution in [0.4, 0.5) is 0 Å². The van der Waals surface area contributed by atoms with Crippen LogP contribution in [0.2, 0.25) is 0 Å². The van der Waals surface area contributed by atoms with Crippen LogP contribution in [0.3, 0.4) is 0 Å². The highest BCUT2D eigenvalue weighted by Gasteiger charge is 2.41. The number of likely N-dealkylation sites (tertiary alicyclic amines) is 2. The molecule has 2 saturated heterocycles. The Morgan fingerprint density at radius 2 is 1.90 bits per heavy atom. The molecule has 0 bridgehead atoms. The Kier molecular flexibility index (Phi) is 5.14. The van der Waals surface area contributed by atoms with Crippen molar-refractivity contribution in [1.82, 2.24) is 9.80 Å². The minimum atomic E-state index is 0.267. The Bertz CT molecular complexity index is 310. The molecule has 4 unspecified atom stereocenters. The molecular weight excluding hydrogens is 246 g/mol. The molecule has 0 saturated carbocycles. The van der Waals surface area contributed by atoms with E-state index in [1.54, 1.807) is 0 Å². The van der Waals surface area contributed by atoms with Gasteiger partial charge in [-0.25, -0.2) is 0 Å². The van der Waals surface area contributed by atoms with E-state index in [1.165, 1.54) is 38.9 Å². The summed E-state index contributed by atoms with van der Waals surface area (Å²) < 4.78 is 0. The van der Waals surface area contributed by atoms with Gasteiger partial charge in [0.05, 0.1) is 0 Å². The number of rotatable bonds is 3. The average molecular weight is 281 g/mol. The van der Waals surface area contributed by atoms with Crippen molar-refractivity contribution in [3.63, 3.8) is 0 Å². The summed E-state index contributed by atoms with van der Waals surface area (Å²) in [6, 6.07) is 1.63. The molecule has 3 heteroatoms. The van der Waals surface area contributed by atoms with Gasteiger partial charge in [-0.2, -0.15) is 0 Å². The first-order valence-electron chi connectivity index (χ1n) is 8.54. The van der Waals surface area contributed by atoms with Crippen molar-refractivity contribution >= 4 is 0 Å². The number of hydrogen-bond donors (Lipinski definition) is 1. The molecule has 2 aliphatic rings. The molecule has 3 nitrogen and oxygen atoms in total. The molecule has 4 atom stereocenters. The lowest BCUT2D eigenvalue weighted by atomic mass is 9.77. The number of nitrogens with zero attached hydrogens (tertiary/aromatic N) is 2. The van der Waals surface area contributed by atoms with E-state index in [2.05, 4.69) is 44.5 Å². The van der Waals surface area contributed by atoms with Crippen molar-refractivity contribution in [2.45, 2.75) is 71.5 Å². The van der Waals surface area contributed by atoms with Gasteiger partial charge in [-0.3, -0.25) is 4.90 Å². The van der Waals surface area contributed by atoms with Crippen molar-refractivity contribution in [1.29, 1.82) is 0 Å². The van der Waals surface area contributed by atoms with Crippen LogP contribution in [-0.2, 0) is 0 Å². The Hall–Kier alpha value is -0.120. The predicted octanol–water partition coefficient (Wildman–Crippen LogP) is 2.55. The summed E-state index contributed by atoms with van der Waals surface area (Å²) >= 11 is 0. The normalized spacial score (nSPS) is 32.7. The highest BCUT2D eigenvalue weighted by atomic mass is 15.2. The summed E-state index contributed by atoms with van der Waals surface area (Å²) in [6.45, 7) is 13.1. The highest BCUT2D eigenvalue weighted by molar-refractivity contribution is 4.97. The van der Waals surface area contributed by atoms with Gasteiger partial charge < -0.3 is 10.6 Å². The van der Waals surface area contributed by atoms with Gasteiger partial charge in [-0.05, 0) is 50.6 Å². The van der Waals surface area contributed by atoms with Crippen molar-refractivity contribution in [3.8, 4) is 0 Å². The van der Waals surface area contributed by atoms with Crippen LogP contribution in [0.1, 0.15) is 53.4 Å². The zero-order valence-electron chi connectivity index (χ0n) is 14.2. The fourth-order valence-electron chi connectivity index (χ4n) is 4.62. The molecule has 0 aromatic rings. The minimum absolute atomic E-state index is 0.267. The van der Waals surface area contributed by atoms with Gasteiger partial charge in [0.1, 0.15) is 0 Å². The molecule has 2 heterocycles. The number of fused-ring (bicyclic) bond motifs is 1. The third kappa shape index (κ3) is 3.37. The van der Waals surface area contributed by atoms with Crippen LogP contribution in [0, 0.1) is 11.3 Å². The molecule has 118 valence electrons. The molecule has 2 rings (SSSR count). The Morgan fingerprint density at radius 3 is 2.50 bits per heavy atom. The van der Waals surface area contributed by atoms with E-state index in [0.717, 1.165) is 18.4 Å². The van der Waals surface area contributed by atoms with Crippen LogP contribution < -0.4 is 5.73 Å². The number of hydrogen-bond acceptors (Lipinski definition) is 3. The maximum absolute atomic E-state index is 6.48. The highest BCUT2D eigenvalue weighted by Crippen LogP contribution is 2.35. The van der Waals surface area contributed by atoms with Gasteiger partial charge in [0.15, 0.2) is 0 Å². The summed E-state index contributed by atoms with van der Waals surface area (Å²) in [4.78, 5) is 5.31. The number of nitrogens with two attached hydrogens (primary N) is 1. The molecule has 20 heavy (non-hydrogen) atoms. The molecule has 0 amide bonds. The van der Waals surface area contributed by atoms with Crippen molar-refractivity contribution in [2.75, 3.05) is 26.7 Å². The SMILES string of the molecule is CCC(N)C(N1CCC2C(CCCN2C)C1)C(C)(C)C. The predicted molar refractivity (Wildman–Crippen MR) is 86.8 cm³/mol. The lowest BCUT2D eigenvalue weighted by Crippen LogP contribution is -2.61. The van der Waals surface area contributed by atoms with E-state index in [-0.39, 0.29) is 5.41 Å². The Labute approximate surface area is 125 Å². The minimum Gasteiger partial charge on any atom is -0.326 e. The standard InChI is InChI=1S/C17H35N3/c1-6-14(18)16(17(2,3)4)20-11-9-15-13(12-20)8-7-10-19(15)5/h13-16H,6-12,18H2,1-5H3. The molecular formula is C17H35N3. The molecule has 0 aromatic heterocycles. The van der Waals surface area contributed by atoms with Gasteiger partial charge in [-0.1, -0.05) is 27.7 Å². The molecule has 0 spiro atoms. The summed E-state index contributed by atoms with van der Waals surface area (Å²) in [6.07, 6.45) is 5.17. The van der Waals surface area contributed by atoms with Crippen LogP contribution in [-0.4, -0.2) is 54.6 Å². The second-order valence-corrected chi connectivity index (χ2v) is 8.12. The second-order valence-electron chi connectivity index (χ2n) is 8.12. The van der Waals surface area contributed by atoms with Crippen molar-refractivity contribution in [3.05, 3.63) is 0 Å². The van der Waals surface area contributed by atoms with Gasteiger partial charge in [0.2, 0.25) is 0 Å². The molecule has 2 aliphatic heterocycles. The Balaban J connectivity index is 2.08. The van der Waals surface area contributed by atoms with E-state index in [4.69, 9.17) is 5.73 Å². The lowest BCUT2D eigenvalue weighted by molar-refractivity contribution is -0.0138. The molecule has 0 radical (unpaired) electrons. The fraction of sp³-hybridized carbons (Fsp3) is 1.00. The number of piperidine rings is 2. The molecule has 0 aliphatic carbocycles. The van der Waals surface area contributed by atoms with Gasteiger partial charge in [0, 0.05) is 31.2 Å². The monoisotopic (exact) mass is 281 g/mol. The summed E-state index contributed by atoms with van der Waals surface area (Å²) in [5.74, 6) is 0.858. The van der Waals surface area contributed by atoms with E-state index in [1.807, 2.05) is 0 Å². The van der Waals surface area contributed by atoms with E-state index in [0.29, 0.717) is 12.1 Å². The van der Waals surface area contributed by atoms with Crippen LogP contribution in [0.5, 0.6) is 0 Å². The first kappa shape index (κ1) is 16.3. The van der Waals surface area contributed by atoms with Gasteiger partial charge in [-0.15, -0.1) is 0 Å². The Morgan fingerprint density at radius 1 is 1.20 bits per heavy atom. The van der Waals surface area contributed by atoms with E-state index < -0.39 is 0 Å². The first-order valence-corrected chi connectivity index (χ1v) is 8.54. The van der Waals surface area contributed by atoms with Gasteiger partial charge >= 0.3 is 0 Å². The summed E-state index contributed by atoms with van der Waals surface area (Å²) in [5.41, 5.74) is 6.74. The lowest BCUT2D eigenvalue weighted by Gasteiger charge is -2.51. The third-order valence-corrected chi connectivity index (χ3v) is 5.53. The third-order valence-electron chi connectivity index (χ3n) is 5.53. The zero-order valence-corrected chi connectivity index (χ0v) is 14.2. The van der Waals surface area contributed by atoms with Gasteiger partial charge in [0.25, 0.3) is 0 Å². The molecule has 2 fully saturated rings. The first-order chi connectivity index (χ1) is 9.34. The maximum atomic E-state index is 6.48. The van der Waals surface area contributed by atoms with Crippen LogP contribution >= 0.6 is 0 Å². The average Bonchev–Trinajstić information content (AvgIpc) is 2.37. The quantitative estimate of drug-likeness (QED) is 0.863. The smallest absolute Gasteiger partial charge is 0.0295 e.